The molecule has 0 aromatic carbocycles. The van der Waals surface area contributed by atoms with Crippen LogP contribution in [0.2, 0.25) is 0 Å². The Morgan fingerprint density at radius 2 is 2.20 bits per heavy atom. The van der Waals surface area contributed by atoms with E-state index in [1.165, 1.54) is 43.6 Å². The van der Waals surface area contributed by atoms with Gasteiger partial charge in [-0.15, -0.1) is 11.3 Å². The predicted octanol–water partition coefficient (Wildman–Crippen LogP) is 3.49. The van der Waals surface area contributed by atoms with Gasteiger partial charge in [-0.2, -0.15) is 0 Å². The normalized spacial score (nSPS) is 16.9. The largest absolute Gasteiger partial charge is 0.395 e. The minimum atomic E-state index is 0.150. The van der Waals surface area contributed by atoms with Gasteiger partial charge in [0.15, 0.2) is 0 Å². The zero-order valence-corrected chi connectivity index (χ0v) is 13.2. The van der Waals surface area contributed by atoms with Gasteiger partial charge in [-0.3, -0.25) is 4.90 Å². The van der Waals surface area contributed by atoms with Gasteiger partial charge >= 0.3 is 0 Å². The average molecular weight is 291 g/mol. The molecule has 1 aliphatic rings. The molecule has 1 aromatic heterocycles. The maximum Gasteiger partial charge on any atom is 0.0540 e. The number of aliphatic hydroxyl groups is 1. The lowest BCUT2D eigenvalue weighted by Gasteiger charge is -2.31. The number of nitrogens with zero attached hydrogens (tertiary/aromatic N) is 1. The molecule has 2 nitrogen and oxygen atoms in total. The van der Waals surface area contributed by atoms with E-state index in [1.807, 2.05) is 0 Å². The fourth-order valence-electron chi connectivity index (χ4n) is 2.81. The molecule has 0 amide bonds. The molecule has 1 fully saturated rings. The van der Waals surface area contributed by atoms with Gasteiger partial charge < -0.3 is 5.11 Å². The van der Waals surface area contributed by atoms with Gasteiger partial charge in [-0.1, -0.05) is 31.6 Å². The van der Waals surface area contributed by atoms with E-state index in [-0.39, 0.29) is 6.61 Å². The number of hydrogen-bond acceptors (Lipinski definition) is 3. The molecule has 3 heteroatoms. The topological polar surface area (TPSA) is 23.5 Å². The Bertz CT molecular complexity index is 449. The Balaban J connectivity index is 1.79. The zero-order valence-electron chi connectivity index (χ0n) is 12.4. The highest BCUT2D eigenvalue weighted by atomic mass is 32.1. The van der Waals surface area contributed by atoms with Crippen LogP contribution in [0, 0.1) is 17.8 Å². The second-order valence-corrected chi connectivity index (χ2v) is 6.58. The molecular weight excluding hydrogens is 266 g/mol. The van der Waals surface area contributed by atoms with Gasteiger partial charge in [-0.25, -0.2) is 0 Å². The molecule has 1 aromatic rings. The van der Waals surface area contributed by atoms with Crippen molar-refractivity contribution in [3.05, 3.63) is 21.9 Å². The summed E-state index contributed by atoms with van der Waals surface area (Å²) in [5, 5.41) is 10.8. The number of likely N-dealkylation sites (tertiary alicyclic amines) is 1. The third-order valence-corrected chi connectivity index (χ3v) is 4.83. The molecule has 2 heterocycles. The van der Waals surface area contributed by atoms with E-state index < -0.39 is 0 Å². The van der Waals surface area contributed by atoms with E-state index in [1.54, 1.807) is 11.3 Å². The highest BCUT2D eigenvalue weighted by Gasteiger charge is 2.18. The van der Waals surface area contributed by atoms with Crippen molar-refractivity contribution in [2.75, 3.05) is 19.7 Å². The maximum absolute atomic E-state index is 8.72. The summed E-state index contributed by atoms with van der Waals surface area (Å²) in [6, 6.07) is 2.20. The van der Waals surface area contributed by atoms with Crippen LogP contribution < -0.4 is 0 Å². The van der Waals surface area contributed by atoms with Crippen LogP contribution in [0.5, 0.6) is 0 Å². The molecule has 0 bridgehead atoms. The number of hydrogen-bond donors (Lipinski definition) is 1. The lowest BCUT2D eigenvalue weighted by molar-refractivity contribution is 0.173. The van der Waals surface area contributed by atoms with E-state index in [0.29, 0.717) is 6.42 Å². The summed E-state index contributed by atoms with van der Waals surface area (Å²) < 4.78 is 0. The lowest BCUT2D eigenvalue weighted by atomic mass is 9.92. The molecule has 0 saturated carbocycles. The van der Waals surface area contributed by atoms with Crippen molar-refractivity contribution in [3.8, 4) is 11.8 Å². The lowest BCUT2D eigenvalue weighted by Crippen LogP contribution is -2.32. The third-order valence-electron chi connectivity index (χ3n) is 3.91. The SMILES string of the molecule is CCCC1CCN(Cc2cc(C#CCCO)cs2)CC1. The summed E-state index contributed by atoms with van der Waals surface area (Å²) in [6.07, 6.45) is 6.02. The van der Waals surface area contributed by atoms with Gasteiger partial charge in [0, 0.05) is 28.8 Å². The van der Waals surface area contributed by atoms with Crippen LogP contribution in [0.1, 0.15) is 49.5 Å². The molecule has 0 radical (unpaired) electrons. The Hall–Kier alpha value is -0.820. The molecule has 110 valence electrons. The number of rotatable bonds is 5. The van der Waals surface area contributed by atoms with Crippen molar-refractivity contribution in [2.45, 2.75) is 45.6 Å². The monoisotopic (exact) mass is 291 g/mol. The number of piperidine rings is 1. The third kappa shape index (κ3) is 4.94. The van der Waals surface area contributed by atoms with Crippen LogP contribution >= 0.6 is 11.3 Å². The van der Waals surface area contributed by atoms with E-state index >= 15 is 0 Å². The van der Waals surface area contributed by atoms with Crippen LogP contribution in [0.3, 0.4) is 0 Å². The van der Waals surface area contributed by atoms with Crippen LogP contribution in [0.25, 0.3) is 0 Å². The molecule has 2 rings (SSSR count). The van der Waals surface area contributed by atoms with Crippen molar-refractivity contribution >= 4 is 11.3 Å². The van der Waals surface area contributed by atoms with E-state index in [0.717, 1.165) is 18.0 Å². The maximum atomic E-state index is 8.72. The Morgan fingerprint density at radius 1 is 1.40 bits per heavy atom. The summed E-state index contributed by atoms with van der Waals surface area (Å²) in [5.74, 6) is 7.05. The Labute approximate surface area is 126 Å². The minimum absolute atomic E-state index is 0.150. The van der Waals surface area contributed by atoms with E-state index in [4.69, 9.17) is 5.11 Å². The number of aliphatic hydroxyl groups excluding tert-OH is 1. The number of thiophene rings is 1. The highest BCUT2D eigenvalue weighted by Crippen LogP contribution is 2.24. The fraction of sp³-hybridized carbons (Fsp3) is 0.647. The molecule has 0 aliphatic carbocycles. The highest BCUT2D eigenvalue weighted by molar-refractivity contribution is 7.10. The van der Waals surface area contributed by atoms with Crippen LogP contribution in [0.15, 0.2) is 11.4 Å². The summed E-state index contributed by atoms with van der Waals surface area (Å²) in [7, 11) is 0. The predicted molar refractivity (Wildman–Crippen MR) is 85.8 cm³/mol. The second-order valence-electron chi connectivity index (χ2n) is 5.59. The van der Waals surface area contributed by atoms with Gasteiger partial charge in [-0.05, 0) is 37.9 Å². The second kappa shape index (κ2) is 8.46. The van der Waals surface area contributed by atoms with Gasteiger partial charge in [0.2, 0.25) is 0 Å². The first-order chi connectivity index (χ1) is 9.81. The van der Waals surface area contributed by atoms with Crippen molar-refractivity contribution < 1.29 is 5.11 Å². The standard InChI is InChI=1S/C17H25NOS/c1-2-5-15-7-9-18(10-8-15)13-17-12-16(14-20-17)6-3-4-11-19/h12,14-15,19H,2,4-5,7-11,13H2,1H3. The smallest absolute Gasteiger partial charge is 0.0540 e. The van der Waals surface area contributed by atoms with Crippen molar-refractivity contribution in [3.63, 3.8) is 0 Å². The zero-order chi connectivity index (χ0) is 14.2. The van der Waals surface area contributed by atoms with Crippen molar-refractivity contribution in [1.29, 1.82) is 0 Å². The minimum Gasteiger partial charge on any atom is -0.395 e. The van der Waals surface area contributed by atoms with Gasteiger partial charge in [0.1, 0.15) is 0 Å². The first-order valence-electron chi connectivity index (χ1n) is 7.71. The first-order valence-corrected chi connectivity index (χ1v) is 8.59. The summed E-state index contributed by atoms with van der Waals surface area (Å²) in [5.41, 5.74) is 1.10. The molecule has 0 atom stereocenters. The van der Waals surface area contributed by atoms with Crippen molar-refractivity contribution in [1.82, 2.24) is 4.90 Å². The molecule has 1 saturated heterocycles. The van der Waals surface area contributed by atoms with E-state index in [2.05, 4.69) is 35.1 Å². The van der Waals surface area contributed by atoms with Crippen LogP contribution in [-0.4, -0.2) is 29.7 Å². The van der Waals surface area contributed by atoms with Crippen LogP contribution in [0.4, 0.5) is 0 Å². The van der Waals surface area contributed by atoms with Gasteiger partial charge in [0.05, 0.1) is 6.61 Å². The fourth-order valence-corrected chi connectivity index (χ4v) is 3.67. The summed E-state index contributed by atoms with van der Waals surface area (Å²) in [6.45, 7) is 6.00. The molecular formula is C17H25NOS. The van der Waals surface area contributed by atoms with Crippen LogP contribution in [-0.2, 0) is 6.54 Å². The average Bonchev–Trinajstić information content (AvgIpc) is 2.89. The Kier molecular flexibility index (Phi) is 6.59. The first kappa shape index (κ1) is 15.6. The van der Waals surface area contributed by atoms with E-state index in [9.17, 15) is 0 Å². The molecule has 1 aliphatic heterocycles. The van der Waals surface area contributed by atoms with Gasteiger partial charge in [0.25, 0.3) is 0 Å². The summed E-state index contributed by atoms with van der Waals surface area (Å²) >= 11 is 1.81. The summed E-state index contributed by atoms with van der Waals surface area (Å²) in [4.78, 5) is 3.98. The quantitative estimate of drug-likeness (QED) is 0.839. The molecule has 20 heavy (non-hydrogen) atoms. The molecule has 1 N–H and O–H groups in total. The van der Waals surface area contributed by atoms with Crippen molar-refractivity contribution in [2.24, 2.45) is 5.92 Å². The molecule has 0 spiro atoms. The Morgan fingerprint density at radius 3 is 2.90 bits per heavy atom. The molecule has 0 unspecified atom stereocenters.